The second kappa shape index (κ2) is 8.55. The molecule has 176 valence electrons. The van der Waals surface area contributed by atoms with Crippen LogP contribution in [0.1, 0.15) is 39.9 Å². The molecule has 0 aliphatic carbocycles. The summed E-state index contributed by atoms with van der Waals surface area (Å²) in [4.78, 5) is 50.7. The largest absolute Gasteiger partial charge is 0.388 e. The number of rotatable bonds is 6. The van der Waals surface area contributed by atoms with Gasteiger partial charge in [0.25, 0.3) is 11.8 Å². The van der Waals surface area contributed by atoms with Gasteiger partial charge in [-0.25, -0.2) is 0 Å². The van der Waals surface area contributed by atoms with Crippen LogP contribution in [-0.2, 0) is 33.4 Å². The average Bonchev–Trinajstić information content (AvgIpc) is 3.16. The van der Waals surface area contributed by atoms with Crippen LogP contribution in [0.4, 0.5) is 14.5 Å². The van der Waals surface area contributed by atoms with Crippen molar-refractivity contribution in [2.45, 2.75) is 37.3 Å². The molecule has 1 atom stereocenters. The Kier molecular flexibility index (Phi) is 5.88. The third-order valence-corrected chi connectivity index (χ3v) is 6.42. The summed E-state index contributed by atoms with van der Waals surface area (Å²) in [5.74, 6) is -6.43. The minimum Gasteiger partial charge on any atom is -0.388 e. The van der Waals surface area contributed by atoms with Crippen LogP contribution in [-0.4, -0.2) is 48.9 Å². The minimum atomic E-state index is -3.75. The maximum absolute atomic E-state index is 14.8. The van der Waals surface area contributed by atoms with E-state index in [0.717, 1.165) is 0 Å². The van der Waals surface area contributed by atoms with Crippen molar-refractivity contribution < 1.29 is 28.0 Å². The van der Waals surface area contributed by atoms with E-state index >= 15 is 0 Å². The van der Waals surface area contributed by atoms with Crippen molar-refractivity contribution in [1.82, 2.24) is 15.5 Å². The highest BCUT2D eigenvalue weighted by molar-refractivity contribution is 6.32. The number of fused-ring (bicyclic) bond motifs is 1. The Morgan fingerprint density at radius 3 is 2.65 bits per heavy atom. The number of nitrogens with one attached hydrogen (secondary N) is 3. The van der Waals surface area contributed by atoms with Gasteiger partial charge >= 0.3 is 5.92 Å². The Morgan fingerprint density at radius 1 is 1.21 bits per heavy atom. The SMILES string of the molecule is B[C@@]1(N2Cc3cc(CNC(=O)C(F)(F)c4ccccc4NC)ccc3C2=O)CCC(=O)NC1=O. The molecule has 1 fully saturated rings. The van der Waals surface area contributed by atoms with Gasteiger partial charge in [0.05, 0.1) is 11.0 Å². The summed E-state index contributed by atoms with van der Waals surface area (Å²) in [5.41, 5.74) is 0.113. The van der Waals surface area contributed by atoms with Gasteiger partial charge in [-0.15, -0.1) is 0 Å². The van der Waals surface area contributed by atoms with Gasteiger partial charge in [0.2, 0.25) is 11.8 Å². The molecule has 2 aliphatic heterocycles. The van der Waals surface area contributed by atoms with Gasteiger partial charge in [-0.3, -0.25) is 24.5 Å². The molecule has 0 aromatic heterocycles. The van der Waals surface area contributed by atoms with E-state index in [9.17, 15) is 28.0 Å². The number of benzene rings is 2. The fourth-order valence-corrected chi connectivity index (χ4v) is 4.32. The van der Waals surface area contributed by atoms with Gasteiger partial charge in [-0.05, 0) is 29.7 Å². The van der Waals surface area contributed by atoms with E-state index in [1.54, 1.807) is 32.1 Å². The molecule has 4 amide bonds. The normalized spacial score (nSPS) is 20.1. The highest BCUT2D eigenvalue weighted by atomic mass is 19.3. The van der Waals surface area contributed by atoms with Crippen LogP contribution in [0.2, 0.25) is 0 Å². The molecule has 0 spiro atoms. The molecule has 1 saturated heterocycles. The van der Waals surface area contributed by atoms with Gasteiger partial charge in [-0.1, -0.05) is 30.3 Å². The standard InChI is InChI=1S/C23H23BF2N4O4/c1-27-17-5-3-2-4-16(17)23(25,26)21(34)28-11-13-6-7-15-14(10-13)12-30(19(15)32)22(24)9-8-18(31)29-20(22)33/h2-7,10,27H,8-9,11-12,24H2,1H3,(H,28,34)(H,29,31,33)/t22-/m1/s1. The molecule has 3 N–H and O–H groups in total. The van der Waals surface area contributed by atoms with Crippen LogP contribution in [0.25, 0.3) is 0 Å². The van der Waals surface area contributed by atoms with Crippen LogP contribution < -0.4 is 16.0 Å². The quantitative estimate of drug-likeness (QED) is 0.431. The molecule has 11 heteroatoms. The van der Waals surface area contributed by atoms with Crippen LogP contribution in [0, 0.1) is 0 Å². The molecule has 34 heavy (non-hydrogen) atoms. The molecule has 4 rings (SSSR count). The summed E-state index contributed by atoms with van der Waals surface area (Å²) in [5, 5.41) is 7.21. The second-order valence-corrected chi connectivity index (χ2v) is 8.59. The van der Waals surface area contributed by atoms with Gasteiger partial charge in [0.1, 0.15) is 7.85 Å². The number of carbonyl (C=O) groups is 4. The van der Waals surface area contributed by atoms with Crippen molar-refractivity contribution in [1.29, 1.82) is 0 Å². The summed E-state index contributed by atoms with van der Waals surface area (Å²) >= 11 is 0. The van der Waals surface area contributed by atoms with Crippen molar-refractivity contribution in [3.05, 3.63) is 64.7 Å². The first-order chi connectivity index (χ1) is 16.1. The zero-order valence-corrected chi connectivity index (χ0v) is 18.7. The van der Waals surface area contributed by atoms with E-state index in [-0.39, 0.29) is 43.4 Å². The van der Waals surface area contributed by atoms with E-state index in [1.807, 2.05) is 0 Å². The number of amides is 4. The molecule has 2 heterocycles. The lowest BCUT2D eigenvalue weighted by Gasteiger charge is -2.39. The Balaban J connectivity index is 1.47. The highest BCUT2D eigenvalue weighted by Crippen LogP contribution is 2.35. The number of imide groups is 1. The Bertz CT molecular complexity index is 1210. The summed E-state index contributed by atoms with van der Waals surface area (Å²) < 4.78 is 29.5. The maximum Gasteiger partial charge on any atom is 0.351 e. The molecular weight excluding hydrogens is 445 g/mol. The number of piperidine rings is 1. The minimum absolute atomic E-state index is 0.130. The molecule has 0 bridgehead atoms. The molecule has 0 saturated carbocycles. The zero-order chi connectivity index (χ0) is 24.7. The summed E-state index contributed by atoms with van der Waals surface area (Å²) in [7, 11) is 3.11. The number of nitrogens with zero attached hydrogens (tertiary/aromatic N) is 1. The summed E-state index contributed by atoms with van der Waals surface area (Å²) in [6, 6.07) is 10.5. The van der Waals surface area contributed by atoms with Crippen LogP contribution in [0.15, 0.2) is 42.5 Å². The highest BCUT2D eigenvalue weighted by Gasteiger charge is 2.48. The number of alkyl halides is 2. The zero-order valence-electron chi connectivity index (χ0n) is 18.7. The monoisotopic (exact) mass is 468 g/mol. The number of hydrogen-bond acceptors (Lipinski definition) is 5. The molecule has 2 aliphatic rings. The first kappa shape index (κ1) is 23.4. The van der Waals surface area contributed by atoms with Crippen molar-refractivity contribution in [3.8, 4) is 0 Å². The molecule has 2 aromatic carbocycles. The second-order valence-electron chi connectivity index (χ2n) is 8.59. The first-order valence-electron chi connectivity index (χ1n) is 10.8. The number of para-hydroxylation sites is 1. The first-order valence-corrected chi connectivity index (χ1v) is 10.8. The topological polar surface area (TPSA) is 108 Å². The van der Waals surface area contributed by atoms with Gasteiger partial charge in [-0.2, -0.15) is 8.78 Å². The van der Waals surface area contributed by atoms with Crippen molar-refractivity contribution in [2.75, 3.05) is 12.4 Å². The van der Waals surface area contributed by atoms with Crippen LogP contribution >= 0.6 is 0 Å². The molecule has 0 radical (unpaired) electrons. The lowest BCUT2D eigenvalue weighted by atomic mass is 9.70. The Labute approximate surface area is 195 Å². The maximum atomic E-state index is 14.8. The molecule has 0 unspecified atom stereocenters. The van der Waals surface area contributed by atoms with Crippen molar-refractivity contribution >= 4 is 37.2 Å². The third-order valence-electron chi connectivity index (χ3n) is 6.42. The van der Waals surface area contributed by atoms with Gasteiger partial charge < -0.3 is 15.5 Å². The van der Waals surface area contributed by atoms with Crippen LogP contribution in [0.3, 0.4) is 0 Å². The van der Waals surface area contributed by atoms with E-state index in [0.29, 0.717) is 16.7 Å². The fourth-order valence-electron chi connectivity index (χ4n) is 4.32. The number of anilines is 1. The number of carbonyl (C=O) groups excluding carboxylic acids is 4. The van der Waals surface area contributed by atoms with Gasteiger partial charge in [0, 0.05) is 37.8 Å². The Hall–Kier alpha value is -3.76. The molecule has 8 nitrogen and oxygen atoms in total. The fraction of sp³-hybridized carbons (Fsp3) is 0.304. The summed E-state index contributed by atoms with van der Waals surface area (Å²) in [6.45, 7) is -0.0242. The van der Waals surface area contributed by atoms with Crippen molar-refractivity contribution in [3.63, 3.8) is 0 Å². The summed E-state index contributed by atoms with van der Waals surface area (Å²) in [6.07, 6.45) is 0.341. The van der Waals surface area contributed by atoms with Crippen LogP contribution in [0.5, 0.6) is 0 Å². The van der Waals surface area contributed by atoms with Crippen molar-refractivity contribution in [2.24, 2.45) is 0 Å². The van der Waals surface area contributed by atoms with E-state index < -0.39 is 28.7 Å². The number of hydrogen-bond donors (Lipinski definition) is 3. The third kappa shape index (κ3) is 3.91. The molecule has 2 aromatic rings. The average molecular weight is 468 g/mol. The van der Waals surface area contributed by atoms with E-state index in [4.69, 9.17) is 0 Å². The van der Waals surface area contributed by atoms with E-state index in [1.165, 1.54) is 30.1 Å². The smallest absolute Gasteiger partial charge is 0.351 e. The van der Waals surface area contributed by atoms with Gasteiger partial charge in [0.15, 0.2) is 0 Å². The van der Waals surface area contributed by atoms with E-state index in [2.05, 4.69) is 16.0 Å². The predicted octanol–water partition coefficient (Wildman–Crippen LogP) is 0.858. The predicted molar refractivity (Wildman–Crippen MR) is 122 cm³/mol. The molecular formula is C23H23BF2N4O4. The number of halogens is 2. The lowest BCUT2D eigenvalue weighted by molar-refractivity contribution is -0.147. The Morgan fingerprint density at radius 2 is 1.94 bits per heavy atom. The lowest BCUT2D eigenvalue weighted by Crippen LogP contribution is -2.63.